The standard InChI is InChI=1S/C12H8Cl2FNO/c13-9-3-4-10(15)8(6-9)7-17-11-2-1-5-16-12(11)14/h1-6H,7H2. The molecule has 1 heterocycles. The summed E-state index contributed by atoms with van der Waals surface area (Å²) in [5.41, 5.74) is 0.373. The van der Waals surface area contributed by atoms with Gasteiger partial charge in [0.05, 0.1) is 0 Å². The third kappa shape index (κ3) is 3.08. The molecule has 0 atom stereocenters. The van der Waals surface area contributed by atoms with Crippen LogP contribution in [0.2, 0.25) is 10.2 Å². The minimum atomic E-state index is -0.366. The fourth-order valence-corrected chi connectivity index (χ4v) is 1.66. The van der Waals surface area contributed by atoms with Gasteiger partial charge in [-0.25, -0.2) is 9.37 Å². The van der Waals surface area contributed by atoms with Gasteiger partial charge >= 0.3 is 0 Å². The second-order valence-electron chi connectivity index (χ2n) is 3.32. The van der Waals surface area contributed by atoms with Crippen LogP contribution in [-0.2, 0) is 6.61 Å². The molecule has 0 aliphatic carbocycles. The number of rotatable bonds is 3. The molecular formula is C12H8Cl2FNO. The number of benzene rings is 1. The van der Waals surface area contributed by atoms with Crippen LogP contribution < -0.4 is 4.74 Å². The van der Waals surface area contributed by atoms with E-state index in [1.54, 1.807) is 18.3 Å². The summed E-state index contributed by atoms with van der Waals surface area (Å²) in [6.07, 6.45) is 1.55. The van der Waals surface area contributed by atoms with Gasteiger partial charge in [-0.2, -0.15) is 0 Å². The summed E-state index contributed by atoms with van der Waals surface area (Å²) in [5, 5.41) is 0.706. The molecular weight excluding hydrogens is 264 g/mol. The van der Waals surface area contributed by atoms with Crippen molar-refractivity contribution in [1.82, 2.24) is 4.98 Å². The normalized spacial score (nSPS) is 10.3. The molecule has 2 rings (SSSR count). The number of nitrogens with zero attached hydrogens (tertiary/aromatic N) is 1. The monoisotopic (exact) mass is 271 g/mol. The minimum absolute atomic E-state index is 0.0534. The van der Waals surface area contributed by atoms with Crippen molar-refractivity contribution in [1.29, 1.82) is 0 Å². The molecule has 0 saturated carbocycles. The molecule has 0 bridgehead atoms. The van der Waals surface area contributed by atoms with Gasteiger partial charge in [0.15, 0.2) is 10.9 Å². The van der Waals surface area contributed by atoms with Crippen LogP contribution in [0.15, 0.2) is 36.5 Å². The van der Waals surface area contributed by atoms with Gasteiger partial charge in [-0.05, 0) is 30.3 Å². The number of hydrogen-bond acceptors (Lipinski definition) is 2. The fraction of sp³-hybridized carbons (Fsp3) is 0.0833. The molecule has 0 radical (unpaired) electrons. The Morgan fingerprint density at radius 2 is 2.06 bits per heavy atom. The highest BCUT2D eigenvalue weighted by atomic mass is 35.5. The highest BCUT2D eigenvalue weighted by Gasteiger charge is 2.06. The van der Waals surface area contributed by atoms with E-state index in [4.69, 9.17) is 27.9 Å². The topological polar surface area (TPSA) is 22.1 Å². The lowest BCUT2D eigenvalue weighted by atomic mass is 10.2. The van der Waals surface area contributed by atoms with Gasteiger partial charge in [-0.15, -0.1) is 0 Å². The summed E-state index contributed by atoms with van der Waals surface area (Å²) in [5.74, 6) is 0.0444. The summed E-state index contributed by atoms with van der Waals surface area (Å²) in [6, 6.07) is 7.65. The number of hydrogen-bond donors (Lipinski definition) is 0. The van der Waals surface area contributed by atoms with Crippen molar-refractivity contribution in [2.75, 3.05) is 0 Å². The lowest BCUT2D eigenvalue weighted by Gasteiger charge is -2.08. The van der Waals surface area contributed by atoms with E-state index >= 15 is 0 Å². The number of pyridine rings is 1. The molecule has 0 aliphatic rings. The first-order chi connectivity index (χ1) is 8.16. The van der Waals surface area contributed by atoms with Crippen LogP contribution in [0.25, 0.3) is 0 Å². The molecule has 0 unspecified atom stereocenters. The van der Waals surface area contributed by atoms with Crippen LogP contribution in [-0.4, -0.2) is 4.98 Å². The highest BCUT2D eigenvalue weighted by molar-refractivity contribution is 6.31. The van der Waals surface area contributed by atoms with E-state index in [1.165, 1.54) is 18.2 Å². The van der Waals surface area contributed by atoms with E-state index in [0.717, 1.165) is 0 Å². The van der Waals surface area contributed by atoms with E-state index in [2.05, 4.69) is 4.98 Å². The second-order valence-corrected chi connectivity index (χ2v) is 4.11. The quantitative estimate of drug-likeness (QED) is 0.784. The summed E-state index contributed by atoms with van der Waals surface area (Å²) < 4.78 is 18.8. The molecule has 2 nitrogen and oxygen atoms in total. The van der Waals surface area contributed by atoms with Crippen LogP contribution in [0.4, 0.5) is 4.39 Å². The lowest BCUT2D eigenvalue weighted by molar-refractivity contribution is 0.299. The summed E-state index contributed by atoms with van der Waals surface area (Å²) in [4.78, 5) is 3.85. The van der Waals surface area contributed by atoms with Crippen LogP contribution >= 0.6 is 23.2 Å². The maximum absolute atomic E-state index is 13.4. The van der Waals surface area contributed by atoms with Crippen LogP contribution in [0.3, 0.4) is 0 Å². The predicted octanol–water partition coefficient (Wildman–Crippen LogP) is 4.11. The number of ether oxygens (including phenoxy) is 1. The molecule has 0 N–H and O–H groups in total. The van der Waals surface area contributed by atoms with E-state index < -0.39 is 0 Å². The molecule has 1 aromatic carbocycles. The molecule has 17 heavy (non-hydrogen) atoms. The fourth-order valence-electron chi connectivity index (χ4n) is 1.29. The number of aromatic nitrogens is 1. The van der Waals surface area contributed by atoms with Gasteiger partial charge < -0.3 is 4.74 Å². The molecule has 88 valence electrons. The van der Waals surface area contributed by atoms with Crippen molar-refractivity contribution in [3.8, 4) is 5.75 Å². The molecule has 0 aliphatic heterocycles. The predicted molar refractivity (Wildman–Crippen MR) is 65.0 cm³/mol. The Balaban J connectivity index is 2.12. The van der Waals surface area contributed by atoms with Gasteiger partial charge in [-0.1, -0.05) is 23.2 Å². The third-order valence-electron chi connectivity index (χ3n) is 2.12. The van der Waals surface area contributed by atoms with Crippen molar-refractivity contribution in [2.24, 2.45) is 0 Å². The van der Waals surface area contributed by atoms with Crippen molar-refractivity contribution in [3.63, 3.8) is 0 Å². The maximum Gasteiger partial charge on any atom is 0.171 e. The third-order valence-corrected chi connectivity index (χ3v) is 2.63. The Morgan fingerprint density at radius 1 is 1.24 bits per heavy atom. The molecule has 0 spiro atoms. The van der Waals surface area contributed by atoms with Crippen molar-refractivity contribution >= 4 is 23.2 Å². The van der Waals surface area contributed by atoms with Gasteiger partial charge in [0.1, 0.15) is 12.4 Å². The zero-order valence-corrected chi connectivity index (χ0v) is 10.2. The first-order valence-corrected chi connectivity index (χ1v) is 5.59. The molecule has 1 aromatic heterocycles. The van der Waals surface area contributed by atoms with Gasteiger partial charge in [-0.3, -0.25) is 0 Å². The smallest absolute Gasteiger partial charge is 0.171 e. The average molecular weight is 272 g/mol. The summed E-state index contributed by atoms with van der Waals surface area (Å²) in [7, 11) is 0. The highest BCUT2D eigenvalue weighted by Crippen LogP contribution is 2.23. The maximum atomic E-state index is 13.4. The zero-order valence-electron chi connectivity index (χ0n) is 8.66. The van der Waals surface area contributed by atoms with Crippen molar-refractivity contribution in [3.05, 3.63) is 58.1 Å². The van der Waals surface area contributed by atoms with Crippen molar-refractivity contribution < 1.29 is 9.13 Å². The van der Waals surface area contributed by atoms with E-state index in [0.29, 0.717) is 16.3 Å². The van der Waals surface area contributed by atoms with E-state index in [1.807, 2.05) is 0 Å². The van der Waals surface area contributed by atoms with E-state index in [-0.39, 0.29) is 17.6 Å². The largest absolute Gasteiger partial charge is 0.486 e. The lowest BCUT2D eigenvalue weighted by Crippen LogP contribution is -1.99. The zero-order chi connectivity index (χ0) is 12.3. The Kier molecular flexibility index (Phi) is 3.82. The van der Waals surface area contributed by atoms with Gasteiger partial charge in [0, 0.05) is 16.8 Å². The molecule has 0 fully saturated rings. The van der Waals surface area contributed by atoms with Gasteiger partial charge in [0.2, 0.25) is 0 Å². The molecule has 0 amide bonds. The van der Waals surface area contributed by atoms with Crippen LogP contribution in [0.5, 0.6) is 5.75 Å². The Labute approximate surface area is 108 Å². The van der Waals surface area contributed by atoms with Gasteiger partial charge in [0.25, 0.3) is 0 Å². The molecule has 0 saturated heterocycles. The van der Waals surface area contributed by atoms with Crippen LogP contribution in [0, 0.1) is 5.82 Å². The minimum Gasteiger partial charge on any atom is -0.486 e. The Bertz CT molecular complexity index is 534. The second kappa shape index (κ2) is 5.34. The summed E-state index contributed by atoms with van der Waals surface area (Å²) in [6.45, 7) is 0.0534. The molecule has 5 heteroatoms. The first kappa shape index (κ1) is 12.1. The van der Waals surface area contributed by atoms with E-state index in [9.17, 15) is 4.39 Å². The molecule has 2 aromatic rings. The number of halogens is 3. The van der Waals surface area contributed by atoms with Crippen molar-refractivity contribution in [2.45, 2.75) is 6.61 Å². The summed E-state index contributed by atoms with van der Waals surface area (Å²) >= 11 is 11.6. The van der Waals surface area contributed by atoms with Crippen LogP contribution in [0.1, 0.15) is 5.56 Å². The Hall–Kier alpha value is -1.32. The average Bonchev–Trinajstić information content (AvgIpc) is 2.32. The Morgan fingerprint density at radius 3 is 2.82 bits per heavy atom. The first-order valence-electron chi connectivity index (χ1n) is 4.84. The SMILES string of the molecule is Fc1ccc(Cl)cc1COc1cccnc1Cl.